The molecule has 5 aromatic rings. The van der Waals surface area contributed by atoms with Crippen LogP contribution in [-0.2, 0) is 13.5 Å². The Bertz CT molecular complexity index is 1550. The SMILES string of the molecule is Cn1c(-c2c(-c3ncco3)nc(N)n3nc(Cc4ncccc4OC(F)F)nc23)cccc1=O. The predicted molar refractivity (Wildman–Crippen MR) is 115 cm³/mol. The molecule has 0 aromatic carbocycles. The summed E-state index contributed by atoms with van der Waals surface area (Å²) in [5.41, 5.74) is 7.51. The van der Waals surface area contributed by atoms with E-state index < -0.39 is 6.61 Å². The Morgan fingerprint density at radius 2 is 2.00 bits per heavy atom. The lowest BCUT2D eigenvalue weighted by molar-refractivity contribution is -0.0506. The average Bonchev–Trinajstić information content (AvgIpc) is 3.48. The number of alkyl halides is 2. The third kappa shape index (κ3) is 3.72. The summed E-state index contributed by atoms with van der Waals surface area (Å²) < 4.78 is 38.3. The molecule has 0 saturated heterocycles. The number of anilines is 1. The molecular formula is C21H16F2N8O3. The molecule has 0 fully saturated rings. The maximum Gasteiger partial charge on any atom is 0.387 e. The summed E-state index contributed by atoms with van der Waals surface area (Å²) in [5, 5.41) is 4.39. The van der Waals surface area contributed by atoms with E-state index in [1.165, 1.54) is 45.9 Å². The molecule has 0 saturated carbocycles. The molecule has 5 aromatic heterocycles. The molecule has 5 heterocycles. The summed E-state index contributed by atoms with van der Waals surface area (Å²) >= 11 is 0. The second-order valence-corrected chi connectivity index (χ2v) is 7.11. The molecule has 0 aliphatic rings. The van der Waals surface area contributed by atoms with Gasteiger partial charge in [0.25, 0.3) is 5.56 Å². The van der Waals surface area contributed by atoms with Crippen molar-refractivity contribution in [3.8, 4) is 28.6 Å². The van der Waals surface area contributed by atoms with E-state index in [9.17, 15) is 13.6 Å². The maximum absolute atomic E-state index is 12.8. The number of hydrogen-bond donors (Lipinski definition) is 1. The summed E-state index contributed by atoms with van der Waals surface area (Å²) in [6.45, 7) is -3.01. The van der Waals surface area contributed by atoms with Crippen molar-refractivity contribution in [2.45, 2.75) is 13.0 Å². The molecule has 2 N–H and O–H groups in total. The number of oxazole rings is 1. The van der Waals surface area contributed by atoms with Crippen molar-refractivity contribution < 1.29 is 17.9 Å². The Labute approximate surface area is 189 Å². The predicted octanol–water partition coefficient (Wildman–Crippen LogP) is 2.31. The highest BCUT2D eigenvalue weighted by atomic mass is 19.3. The number of halogens is 2. The van der Waals surface area contributed by atoms with E-state index in [-0.39, 0.29) is 52.4 Å². The number of nitrogens with zero attached hydrogens (tertiary/aromatic N) is 7. The highest BCUT2D eigenvalue weighted by molar-refractivity contribution is 5.87. The standard InChI is InChI=1S/C21H16F2N8O3/c1-30-12(4-2-6-15(30)32)16-17(19-26-8-9-33-19)28-21(24)31-18(16)27-14(29-31)10-11-13(34-20(22)23)5-3-7-25-11/h2-9,20H,10H2,1H3,(H2,24,28). The Balaban J connectivity index is 1.72. The second kappa shape index (κ2) is 8.35. The zero-order valence-electron chi connectivity index (χ0n) is 17.6. The van der Waals surface area contributed by atoms with Crippen LogP contribution in [0.2, 0.25) is 0 Å². The summed E-state index contributed by atoms with van der Waals surface area (Å²) in [6, 6.07) is 7.59. The first-order valence-corrected chi connectivity index (χ1v) is 9.92. The fourth-order valence-corrected chi connectivity index (χ4v) is 3.53. The van der Waals surface area contributed by atoms with Gasteiger partial charge in [-0.15, -0.1) is 5.10 Å². The van der Waals surface area contributed by atoms with E-state index in [0.717, 1.165) is 0 Å². The normalized spacial score (nSPS) is 11.4. The maximum atomic E-state index is 12.8. The van der Waals surface area contributed by atoms with Crippen molar-refractivity contribution in [1.82, 2.24) is 34.1 Å². The molecule has 13 heteroatoms. The minimum absolute atomic E-state index is 0.0169. The average molecular weight is 466 g/mol. The van der Waals surface area contributed by atoms with Crippen LogP contribution in [0, 0.1) is 0 Å². The Kier molecular flexibility index (Phi) is 5.20. The first-order chi connectivity index (χ1) is 16.4. The van der Waals surface area contributed by atoms with Gasteiger partial charge in [0.1, 0.15) is 17.7 Å². The molecule has 0 aliphatic carbocycles. The zero-order chi connectivity index (χ0) is 23.8. The van der Waals surface area contributed by atoms with E-state index >= 15 is 0 Å². The van der Waals surface area contributed by atoms with Crippen LogP contribution in [0.25, 0.3) is 28.5 Å². The Morgan fingerprint density at radius 1 is 1.15 bits per heavy atom. The van der Waals surface area contributed by atoms with Crippen LogP contribution in [-0.4, -0.2) is 40.7 Å². The van der Waals surface area contributed by atoms with E-state index in [1.807, 2.05) is 0 Å². The summed E-state index contributed by atoms with van der Waals surface area (Å²) in [5.74, 6) is 0.283. The lowest BCUT2D eigenvalue weighted by Gasteiger charge is -2.12. The number of aromatic nitrogens is 7. The zero-order valence-corrected chi connectivity index (χ0v) is 17.6. The summed E-state index contributed by atoms with van der Waals surface area (Å²) in [4.78, 5) is 29.6. The molecule has 11 nitrogen and oxygen atoms in total. The minimum atomic E-state index is -3.01. The molecule has 0 radical (unpaired) electrons. The summed E-state index contributed by atoms with van der Waals surface area (Å²) in [7, 11) is 1.60. The smallest absolute Gasteiger partial charge is 0.387 e. The first kappa shape index (κ1) is 21.2. The molecule has 0 atom stereocenters. The Morgan fingerprint density at radius 3 is 2.76 bits per heavy atom. The third-order valence-corrected chi connectivity index (χ3v) is 5.02. The van der Waals surface area contributed by atoms with Gasteiger partial charge in [0, 0.05) is 19.3 Å². The van der Waals surface area contributed by atoms with Gasteiger partial charge in [-0.05, 0) is 18.2 Å². The van der Waals surface area contributed by atoms with Crippen LogP contribution in [0.3, 0.4) is 0 Å². The van der Waals surface area contributed by atoms with E-state index in [2.05, 4.69) is 29.8 Å². The monoisotopic (exact) mass is 466 g/mol. The first-order valence-electron chi connectivity index (χ1n) is 9.92. The third-order valence-electron chi connectivity index (χ3n) is 5.02. The lowest BCUT2D eigenvalue weighted by atomic mass is 10.1. The number of nitrogen functional groups attached to an aromatic ring is 1. The van der Waals surface area contributed by atoms with Crippen LogP contribution < -0.4 is 16.0 Å². The number of fused-ring (bicyclic) bond motifs is 1. The van der Waals surface area contributed by atoms with Gasteiger partial charge in [0.15, 0.2) is 11.5 Å². The van der Waals surface area contributed by atoms with Crippen molar-refractivity contribution in [1.29, 1.82) is 0 Å². The van der Waals surface area contributed by atoms with E-state index in [0.29, 0.717) is 11.3 Å². The molecule has 172 valence electrons. The van der Waals surface area contributed by atoms with Gasteiger partial charge >= 0.3 is 6.61 Å². The topological polar surface area (TPSA) is 139 Å². The van der Waals surface area contributed by atoms with Crippen LogP contribution >= 0.6 is 0 Å². The number of ether oxygens (including phenoxy) is 1. The molecule has 5 rings (SSSR count). The quantitative estimate of drug-likeness (QED) is 0.399. The van der Waals surface area contributed by atoms with Crippen LogP contribution in [0.15, 0.2) is 58.2 Å². The van der Waals surface area contributed by atoms with Crippen molar-refractivity contribution in [2.24, 2.45) is 7.05 Å². The highest BCUT2D eigenvalue weighted by Gasteiger charge is 2.24. The van der Waals surface area contributed by atoms with Crippen molar-refractivity contribution >= 4 is 11.6 Å². The molecule has 0 amide bonds. The summed E-state index contributed by atoms with van der Waals surface area (Å²) in [6.07, 6.45) is 4.26. The Hall–Kier alpha value is -4.68. The highest BCUT2D eigenvalue weighted by Crippen LogP contribution is 2.33. The van der Waals surface area contributed by atoms with Gasteiger partial charge in [0.05, 0.1) is 29.6 Å². The van der Waals surface area contributed by atoms with Crippen molar-refractivity contribution in [2.75, 3.05) is 5.73 Å². The molecule has 0 spiro atoms. The fraction of sp³-hybridized carbons (Fsp3) is 0.143. The van der Waals surface area contributed by atoms with Crippen LogP contribution in [0.5, 0.6) is 5.75 Å². The largest absolute Gasteiger partial charge is 0.443 e. The molecule has 0 aliphatic heterocycles. The lowest BCUT2D eigenvalue weighted by Crippen LogP contribution is -2.17. The van der Waals surface area contributed by atoms with E-state index in [4.69, 9.17) is 10.2 Å². The molecule has 34 heavy (non-hydrogen) atoms. The minimum Gasteiger partial charge on any atom is -0.443 e. The van der Waals surface area contributed by atoms with Crippen LogP contribution in [0.4, 0.5) is 14.7 Å². The van der Waals surface area contributed by atoms with Gasteiger partial charge in [0.2, 0.25) is 11.8 Å². The number of hydrogen-bond acceptors (Lipinski definition) is 9. The fourth-order valence-electron chi connectivity index (χ4n) is 3.53. The number of pyridine rings is 2. The number of rotatable bonds is 6. The van der Waals surface area contributed by atoms with Crippen LogP contribution in [0.1, 0.15) is 11.5 Å². The molecular weight excluding hydrogens is 450 g/mol. The van der Waals surface area contributed by atoms with Gasteiger partial charge < -0.3 is 19.5 Å². The van der Waals surface area contributed by atoms with Gasteiger partial charge in [-0.1, -0.05) is 6.07 Å². The molecule has 0 bridgehead atoms. The van der Waals surface area contributed by atoms with Gasteiger partial charge in [-0.3, -0.25) is 9.78 Å². The van der Waals surface area contributed by atoms with Gasteiger partial charge in [-0.25, -0.2) is 15.0 Å². The van der Waals surface area contributed by atoms with Gasteiger partial charge in [-0.2, -0.15) is 13.3 Å². The molecule has 0 unspecified atom stereocenters. The van der Waals surface area contributed by atoms with Crippen molar-refractivity contribution in [3.63, 3.8) is 0 Å². The van der Waals surface area contributed by atoms with Crippen molar-refractivity contribution in [3.05, 3.63) is 70.9 Å². The van der Waals surface area contributed by atoms with E-state index in [1.54, 1.807) is 19.2 Å². The number of nitrogens with two attached hydrogens (primary N) is 1. The second-order valence-electron chi connectivity index (χ2n) is 7.11.